The topological polar surface area (TPSA) is 32.3 Å². The highest BCUT2D eigenvalue weighted by Gasteiger charge is 2.09. The first-order valence-corrected chi connectivity index (χ1v) is 5.83. The summed E-state index contributed by atoms with van der Waals surface area (Å²) in [6, 6.07) is 2.78. The van der Waals surface area contributed by atoms with E-state index >= 15 is 0 Å². The van der Waals surface area contributed by atoms with Gasteiger partial charge in [0, 0.05) is 19.3 Å². The summed E-state index contributed by atoms with van der Waals surface area (Å²) in [5.41, 5.74) is 0.513. The number of rotatable bonds is 4. The maximum absolute atomic E-state index is 13.1. The molecule has 1 rings (SSSR count). The number of hydrogen-bond acceptors (Lipinski definition) is 2. The molecule has 0 aliphatic carbocycles. The average Bonchev–Trinajstić information content (AvgIpc) is 2.31. The fraction of sp³-hybridized carbons (Fsp3) is 0.364. The molecule has 94 valence electrons. The second kappa shape index (κ2) is 6.07. The van der Waals surface area contributed by atoms with E-state index < -0.39 is 5.82 Å². The molecular formula is C11H13Cl2FN2O. The standard InChI is InChI=1S/C11H13Cl2FN2O/c1-3-16(2)10(17)6-15-7-4-8(12)11(14)9(13)5-7/h4-5,15H,3,6H2,1-2H3. The number of amides is 1. The zero-order valence-corrected chi connectivity index (χ0v) is 11.1. The Morgan fingerprint density at radius 1 is 1.41 bits per heavy atom. The van der Waals surface area contributed by atoms with Crippen LogP contribution in [0.3, 0.4) is 0 Å². The molecule has 1 N–H and O–H groups in total. The average molecular weight is 279 g/mol. The van der Waals surface area contributed by atoms with Crippen molar-refractivity contribution in [2.24, 2.45) is 0 Å². The number of nitrogens with one attached hydrogen (secondary N) is 1. The highest BCUT2D eigenvalue weighted by molar-refractivity contribution is 6.35. The Morgan fingerprint density at radius 3 is 2.41 bits per heavy atom. The first-order chi connectivity index (χ1) is 7.95. The predicted molar refractivity (Wildman–Crippen MR) is 68.2 cm³/mol. The van der Waals surface area contributed by atoms with Gasteiger partial charge in [-0.2, -0.15) is 0 Å². The Labute approximate surface area is 109 Å². The number of anilines is 1. The Hall–Kier alpha value is -1.00. The van der Waals surface area contributed by atoms with Crippen molar-refractivity contribution in [1.82, 2.24) is 4.90 Å². The van der Waals surface area contributed by atoms with Crippen LogP contribution in [0.1, 0.15) is 6.92 Å². The van der Waals surface area contributed by atoms with Gasteiger partial charge in [0.1, 0.15) is 0 Å². The summed E-state index contributed by atoms with van der Waals surface area (Å²) >= 11 is 11.3. The SMILES string of the molecule is CCN(C)C(=O)CNc1cc(Cl)c(F)c(Cl)c1. The van der Waals surface area contributed by atoms with Crippen LogP contribution in [-0.2, 0) is 4.79 Å². The van der Waals surface area contributed by atoms with Crippen LogP contribution in [-0.4, -0.2) is 30.9 Å². The van der Waals surface area contributed by atoms with Gasteiger partial charge in [0.05, 0.1) is 16.6 Å². The monoisotopic (exact) mass is 278 g/mol. The maximum Gasteiger partial charge on any atom is 0.241 e. The van der Waals surface area contributed by atoms with Crippen molar-refractivity contribution in [3.63, 3.8) is 0 Å². The smallest absolute Gasteiger partial charge is 0.241 e. The molecule has 0 unspecified atom stereocenters. The lowest BCUT2D eigenvalue weighted by atomic mass is 10.3. The van der Waals surface area contributed by atoms with Gasteiger partial charge in [-0.3, -0.25) is 4.79 Å². The number of halogens is 3. The van der Waals surface area contributed by atoms with Gasteiger partial charge in [-0.15, -0.1) is 0 Å². The molecule has 0 spiro atoms. The van der Waals surface area contributed by atoms with Gasteiger partial charge >= 0.3 is 0 Å². The second-order valence-electron chi connectivity index (χ2n) is 3.52. The van der Waals surface area contributed by atoms with E-state index in [-0.39, 0.29) is 22.5 Å². The first kappa shape index (κ1) is 14.1. The first-order valence-electron chi connectivity index (χ1n) is 5.08. The van der Waals surface area contributed by atoms with E-state index in [1.807, 2.05) is 6.92 Å². The van der Waals surface area contributed by atoms with Gasteiger partial charge in [-0.05, 0) is 19.1 Å². The minimum Gasteiger partial charge on any atom is -0.376 e. The molecule has 0 aliphatic heterocycles. The van der Waals surface area contributed by atoms with E-state index in [2.05, 4.69) is 5.32 Å². The number of benzene rings is 1. The van der Waals surface area contributed by atoms with Crippen molar-refractivity contribution in [1.29, 1.82) is 0 Å². The van der Waals surface area contributed by atoms with E-state index in [1.54, 1.807) is 11.9 Å². The maximum atomic E-state index is 13.1. The normalized spacial score (nSPS) is 10.2. The van der Waals surface area contributed by atoms with Crippen LogP contribution < -0.4 is 5.32 Å². The van der Waals surface area contributed by atoms with Crippen molar-refractivity contribution >= 4 is 34.8 Å². The lowest BCUT2D eigenvalue weighted by Crippen LogP contribution is -2.31. The highest BCUT2D eigenvalue weighted by Crippen LogP contribution is 2.27. The van der Waals surface area contributed by atoms with Crippen LogP contribution >= 0.6 is 23.2 Å². The van der Waals surface area contributed by atoms with E-state index in [4.69, 9.17) is 23.2 Å². The van der Waals surface area contributed by atoms with Gasteiger partial charge in [0.2, 0.25) is 5.91 Å². The van der Waals surface area contributed by atoms with Gasteiger partial charge < -0.3 is 10.2 Å². The summed E-state index contributed by atoms with van der Waals surface area (Å²) in [7, 11) is 1.70. The van der Waals surface area contributed by atoms with Crippen molar-refractivity contribution < 1.29 is 9.18 Å². The molecule has 0 aliphatic rings. The van der Waals surface area contributed by atoms with Crippen molar-refractivity contribution in [3.8, 4) is 0 Å². The van der Waals surface area contributed by atoms with E-state index in [0.717, 1.165) is 0 Å². The molecular weight excluding hydrogens is 266 g/mol. The Balaban J connectivity index is 2.67. The van der Waals surface area contributed by atoms with Crippen molar-refractivity contribution in [3.05, 3.63) is 28.0 Å². The molecule has 0 aromatic heterocycles. The van der Waals surface area contributed by atoms with E-state index in [9.17, 15) is 9.18 Å². The Morgan fingerprint density at radius 2 is 1.94 bits per heavy atom. The molecule has 0 atom stereocenters. The zero-order valence-electron chi connectivity index (χ0n) is 9.56. The predicted octanol–water partition coefficient (Wildman–Crippen LogP) is 3.02. The highest BCUT2D eigenvalue weighted by atomic mass is 35.5. The minimum atomic E-state index is -0.657. The summed E-state index contributed by atoms with van der Waals surface area (Å²) in [5, 5.41) is 2.70. The van der Waals surface area contributed by atoms with Crippen LogP contribution in [0.5, 0.6) is 0 Å². The third-order valence-corrected chi connectivity index (χ3v) is 2.88. The van der Waals surface area contributed by atoms with Crippen LogP contribution in [0.2, 0.25) is 10.0 Å². The van der Waals surface area contributed by atoms with Crippen LogP contribution in [0, 0.1) is 5.82 Å². The summed E-state index contributed by atoms with van der Waals surface area (Å²) in [6.07, 6.45) is 0. The molecule has 0 saturated heterocycles. The van der Waals surface area contributed by atoms with Crippen LogP contribution in [0.4, 0.5) is 10.1 Å². The minimum absolute atomic E-state index is 0.0657. The van der Waals surface area contributed by atoms with Gasteiger partial charge in [-0.25, -0.2) is 4.39 Å². The third kappa shape index (κ3) is 3.75. The lowest BCUT2D eigenvalue weighted by molar-refractivity contribution is -0.127. The van der Waals surface area contributed by atoms with E-state index in [0.29, 0.717) is 12.2 Å². The van der Waals surface area contributed by atoms with Crippen molar-refractivity contribution in [2.75, 3.05) is 25.5 Å². The summed E-state index contributed by atoms with van der Waals surface area (Å²) in [5.74, 6) is -0.722. The molecule has 1 amide bonds. The fourth-order valence-corrected chi connectivity index (χ4v) is 1.63. The van der Waals surface area contributed by atoms with Gasteiger partial charge in [0.15, 0.2) is 5.82 Å². The molecule has 3 nitrogen and oxygen atoms in total. The molecule has 1 aromatic carbocycles. The summed E-state index contributed by atoms with van der Waals surface area (Å²) in [4.78, 5) is 13.1. The lowest BCUT2D eigenvalue weighted by Gasteiger charge is -2.15. The van der Waals surface area contributed by atoms with Crippen LogP contribution in [0.25, 0.3) is 0 Å². The molecule has 1 aromatic rings. The molecule has 0 saturated carbocycles. The zero-order chi connectivity index (χ0) is 13.0. The third-order valence-electron chi connectivity index (χ3n) is 2.33. The second-order valence-corrected chi connectivity index (χ2v) is 4.33. The number of nitrogens with zero attached hydrogens (tertiary/aromatic N) is 1. The molecule has 0 fully saturated rings. The van der Waals surface area contributed by atoms with Gasteiger partial charge in [-0.1, -0.05) is 23.2 Å². The molecule has 0 heterocycles. The Kier molecular flexibility index (Phi) is 5.02. The summed E-state index contributed by atoms with van der Waals surface area (Å²) < 4.78 is 13.1. The van der Waals surface area contributed by atoms with Crippen LogP contribution in [0.15, 0.2) is 12.1 Å². The summed E-state index contributed by atoms with van der Waals surface area (Å²) in [6.45, 7) is 2.62. The molecule has 0 radical (unpaired) electrons. The fourth-order valence-electron chi connectivity index (χ4n) is 1.15. The van der Waals surface area contributed by atoms with Crippen molar-refractivity contribution in [2.45, 2.75) is 6.92 Å². The number of carbonyl (C=O) groups is 1. The van der Waals surface area contributed by atoms with Gasteiger partial charge in [0.25, 0.3) is 0 Å². The molecule has 17 heavy (non-hydrogen) atoms. The molecule has 6 heteroatoms. The number of hydrogen-bond donors (Lipinski definition) is 1. The molecule has 0 bridgehead atoms. The number of likely N-dealkylation sites (N-methyl/N-ethyl adjacent to an activating group) is 1. The number of carbonyl (C=O) groups excluding carboxylic acids is 1. The largest absolute Gasteiger partial charge is 0.376 e. The Bertz CT molecular complexity index is 403. The quantitative estimate of drug-likeness (QED) is 0.859. The van der Waals surface area contributed by atoms with E-state index in [1.165, 1.54) is 12.1 Å².